The molecule has 3 rings (SSSR count). The van der Waals surface area contributed by atoms with Crippen molar-refractivity contribution in [1.29, 1.82) is 0 Å². The lowest BCUT2D eigenvalue weighted by molar-refractivity contribution is 0.230. The van der Waals surface area contributed by atoms with Crippen LogP contribution in [0.3, 0.4) is 0 Å². The Kier molecular flexibility index (Phi) is 3.88. The maximum absolute atomic E-state index is 5.75. The van der Waals surface area contributed by atoms with Crippen LogP contribution in [0.1, 0.15) is 50.6 Å². The lowest BCUT2D eigenvalue weighted by Crippen LogP contribution is -2.34. The lowest BCUT2D eigenvalue weighted by Gasteiger charge is -2.31. The molecule has 1 N–H and O–H groups in total. The van der Waals surface area contributed by atoms with Gasteiger partial charge in [0.1, 0.15) is 11.5 Å². The molecular weight excluding hydrogens is 250 g/mol. The van der Waals surface area contributed by atoms with Gasteiger partial charge in [-0.05, 0) is 36.5 Å². The third-order valence-corrected chi connectivity index (χ3v) is 4.84. The van der Waals surface area contributed by atoms with Gasteiger partial charge in [-0.15, -0.1) is 0 Å². The van der Waals surface area contributed by atoms with Gasteiger partial charge < -0.3 is 14.8 Å². The minimum absolute atomic E-state index is 0.395. The van der Waals surface area contributed by atoms with Gasteiger partial charge in [0.15, 0.2) is 0 Å². The topological polar surface area (TPSA) is 30.5 Å². The summed E-state index contributed by atoms with van der Waals surface area (Å²) in [6.07, 6.45) is 6.52. The summed E-state index contributed by atoms with van der Waals surface area (Å²) < 4.78 is 11.1. The fourth-order valence-corrected chi connectivity index (χ4v) is 3.49. The Bertz CT molecular complexity index is 466. The van der Waals surface area contributed by atoms with E-state index in [4.69, 9.17) is 9.47 Å². The molecule has 0 saturated heterocycles. The summed E-state index contributed by atoms with van der Waals surface area (Å²) in [6.45, 7) is 4.32. The van der Waals surface area contributed by atoms with Gasteiger partial charge >= 0.3 is 0 Å². The molecule has 1 aromatic carbocycles. The van der Waals surface area contributed by atoms with Gasteiger partial charge in [-0.2, -0.15) is 0 Å². The fraction of sp³-hybridized carbons (Fsp3) is 0.647. The molecule has 1 atom stereocenters. The fourth-order valence-electron chi connectivity index (χ4n) is 3.49. The molecule has 0 spiro atoms. The van der Waals surface area contributed by atoms with Crippen molar-refractivity contribution in [2.24, 2.45) is 5.41 Å². The molecule has 1 aliphatic heterocycles. The number of ether oxygens (including phenoxy) is 2. The third kappa shape index (κ3) is 2.78. The second-order valence-electron chi connectivity index (χ2n) is 6.49. The molecule has 3 nitrogen and oxygen atoms in total. The number of fused-ring (bicyclic) bond motifs is 1. The van der Waals surface area contributed by atoms with Crippen molar-refractivity contribution in [1.82, 2.24) is 5.32 Å². The van der Waals surface area contributed by atoms with Gasteiger partial charge in [-0.3, -0.25) is 0 Å². The summed E-state index contributed by atoms with van der Waals surface area (Å²) in [6, 6.07) is 6.51. The minimum Gasteiger partial charge on any atom is -0.497 e. The maximum Gasteiger partial charge on any atom is 0.124 e. The minimum atomic E-state index is 0.395. The van der Waals surface area contributed by atoms with Crippen molar-refractivity contribution in [3.8, 4) is 11.5 Å². The summed E-state index contributed by atoms with van der Waals surface area (Å²) in [5.41, 5.74) is 1.73. The highest BCUT2D eigenvalue weighted by Gasteiger charge is 2.30. The summed E-state index contributed by atoms with van der Waals surface area (Å²) in [7, 11) is 1.72. The van der Waals surface area contributed by atoms with Crippen LogP contribution in [-0.4, -0.2) is 20.3 Å². The highest BCUT2D eigenvalue weighted by atomic mass is 16.5. The van der Waals surface area contributed by atoms with Crippen molar-refractivity contribution in [2.45, 2.75) is 45.1 Å². The van der Waals surface area contributed by atoms with E-state index in [0.29, 0.717) is 11.5 Å². The molecule has 2 aliphatic rings. The molecule has 1 unspecified atom stereocenters. The Hall–Kier alpha value is -1.22. The Labute approximate surface area is 121 Å². The maximum atomic E-state index is 5.75. The van der Waals surface area contributed by atoms with E-state index in [2.05, 4.69) is 18.3 Å². The molecule has 1 fully saturated rings. The molecule has 0 amide bonds. The molecular formula is C17H25NO2. The van der Waals surface area contributed by atoms with E-state index in [1.165, 1.54) is 31.2 Å². The van der Waals surface area contributed by atoms with Gasteiger partial charge in [0.2, 0.25) is 0 Å². The van der Waals surface area contributed by atoms with Gasteiger partial charge in [-0.25, -0.2) is 0 Å². The zero-order chi connectivity index (χ0) is 14.0. The first-order valence-electron chi connectivity index (χ1n) is 7.74. The van der Waals surface area contributed by atoms with Crippen molar-refractivity contribution in [2.75, 3.05) is 20.3 Å². The predicted molar refractivity (Wildman–Crippen MR) is 80.4 cm³/mol. The SMILES string of the molecule is COc1ccc2c(c1)C(NCC1(C)CCCC1)CCO2. The summed E-state index contributed by atoms with van der Waals surface area (Å²) in [4.78, 5) is 0. The van der Waals surface area contributed by atoms with Crippen LogP contribution >= 0.6 is 0 Å². The number of benzene rings is 1. The predicted octanol–water partition coefficient (Wildman–Crippen LogP) is 3.69. The molecule has 1 aliphatic carbocycles. The number of hydrogen-bond donors (Lipinski definition) is 1. The molecule has 0 radical (unpaired) electrons. The van der Waals surface area contributed by atoms with Crippen LogP contribution in [0.5, 0.6) is 11.5 Å². The van der Waals surface area contributed by atoms with Crippen molar-refractivity contribution in [3.63, 3.8) is 0 Å². The standard InChI is InChI=1S/C17H25NO2/c1-17(8-3-4-9-17)12-18-15-7-10-20-16-6-5-13(19-2)11-14(15)16/h5-6,11,15,18H,3-4,7-10,12H2,1-2H3. The van der Waals surface area contributed by atoms with Gasteiger partial charge in [0.25, 0.3) is 0 Å². The second-order valence-corrected chi connectivity index (χ2v) is 6.49. The number of hydrogen-bond acceptors (Lipinski definition) is 3. The van der Waals surface area contributed by atoms with E-state index >= 15 is 0 Å². The van der Waals surface area contributed by atoms with E-state index in [1.54, 1.807) is 7.11 Å². The summed E-state index contributed by atoms with van der Waals surface area (Å²) in [5, 5.41) is 3.78. The number of nitrogens with one attached hydrogen (secondary N) is 1. The Balaban J connectivity index is 1.72. The van der Waals surface area contributed by atoms with Crippen LogP contribution in [0, 0.1) is 5.41 Å². The van der Waals surface area contributed by atoms with E-state index in [9.17, 15) is 0 Å². The van der Waals surface area contributed by atoms with Crippen molar-refractivity contribution >= 4 is 0 Å². The molecule has 3 heteroatoms. The summed E-state index contributed by atoms with van der Waals surface area (Å²) in [5.74, 6) is 1.92. The molecule has 20 heavy (non-hydrogen) atoms. The quantitative estimate of drug-likeness (QED) is 0.909. The largest absolute Gasteiger partial charge is 0.497 e. The molecule has 0 aromatic heterocycles. The Morgan fingerprint density at radius 3 is 2.90 bits per heavy atom. The normalized spacial score (nSPS) is 24.0. The first-order valence-corrected chi connectivity index (χ1v) is 7.74. The lowest BCUT2D eigenvalue weighted by atomic mass is 9.88. The first kappa shape index (κ1) is 13.7. The average molecular weight is 275 g/mol. The van der Waals surface area contributed by atoms with Crippen LogP contribution in [0.2, 0.25) is 0 Å². The highest BCUT2D eigenvalue weighted by Crippen LogP contribution is 2.39. The third-order valence-electron chi connectivity index (χ3n) is 4.84. The summed E-state index contributed by atoms with van der Waals surface area (Å²) >= 11 is 0. The van der Waals surface area contributed by atoms with Crippen LogP contribution in [-0.2, 0) is 0 Å². The molecule has 1 aromatic rings. The molecule has 1 saturated carbocycles. The molecule has 1 heterocycles. The van der Waals surface area contributed by atoms with E-state index in [1.807, 2.05) is 12.1 Å². The van der Waals surface area contributed by atoms with Gasteiger partial charge in [0, 0.05) is 24.6 Å². The van der Waals surface area contributed by atoms with E-state index < -0.39 is 0 Å². The van der Waals surface area contributed by atoms with Crippen LogP contribution in [0.15, 0.2) is 18.2 Å². The van der Waals surface area contributed by atoms with Crippen LogP contribution in [0.25, 0.3) is 0 Å². The first-order chi connectivity index (χ1) is 9.70. The number of methoxy groups -OCH3 is 1. The zero-order valence-corrected chi connectivity index (χ0v) is 12.6. The Morgan fingerprint density at radius 1 is 1.35 bits per heavy atom. The van der Waals surface area contributed by atoms with Crippen LogP contribution < -0.4 is 14.8 Å². The molecule has 0 bridgehead atoms. The van der Waals surface area contributed by atoms with Gasteiger partial charge in [0.05, 0.1) is 13.7 Å². The van der Waals surface area contributed by atoms with Crippen LogP contribution in [0.4, 0.5) is 0 Å². The van der Waals surface area contributed by atoms with Gasteiger partial charge in [-0.1, -0.05) is 19.8 Å². The monoisotopic (exact) mass is 275 g/mol. The van der Waals surface area contributed by atoms with E-state index in [-0.39, 0.29) is 0 Å². The van der Waals surface area contributed by atoms with Crippen molar-refractivity contribution in [3.05, 3.63) is 23.8 Å². The smallest absolute Gasteiger partial charge is 0.124 e. The van der Waals surface area contributed by atoms with Crippen molar-refractivity contribution < 1.29 is 9.47 Å². The number of rotatable bonds is 4. The zero-order valence-electron chi connectivity index (χ0n) is 12.6. The highest BCUT2D eigenvalue weighted by molar-refractivity contribution is 5.43. The average Bonchev–Trinajstić information content (AvgIpc) is 2.91. The Morgan fingerprint density at radius 2 is 2.15 bits per heavy atom. The second kappa shape index (κ2) is 5.65. The molecule has 110 valence electrons. The van der Waals surface area contributed by atoms with E-state index in [0.717, 1.165) is 31.1 Å².